The minimum Gasteiger partial charge on any atom is -0.393 e. The third kappa shape index (κ3) is 5.08. The van der Waals surface area contributed by atoms with Gasteiger partial charge in [0.05, 0.1) is 6.10 Å². The number of aliphatic hydroxyl groups excluding tert-OH is 1. The fourth-order valence-corrected chi connectivity index (χ4v) is 3.45. The molecule has 0 radical (unpaired) electrons. The Kier molecular flexibility index (Phi) is 6.19. The molecular formula is C18H30N2O. The minimum atomic E-state index is -0.108. The lowest BCUT2D eigenvalue weighted by Gasteiger charge is -2.37. The van der Waals surface area contributed by atoms with Gasteiger partial charge in [-0.05, 0) is 68.2 Å². The Labute approximate surface area is 129 Å². The van der Waals surface area contributed by atoms with Crippen molar-refractivity contribution in [2.24, 2.45) is 17.8 Å². The van der Waals surface area contributed by atoms with Crippen LogP contribution in [-0.4, -0.2) is 41.2 Å². The van der Waals surface area contributed by atoms with Crippen LogP contribution in [0.3, 0.4) is 0 Å². The third-order valence-electron chi connectivity index (χ3n) is 5.00. The van der Waals surface area contributed by atoms with Gasteiger partial charge in [0.2, 0.25) is 0 Å². The van der Waals surface area contributed by atoms with Gasteiger partial charge in [-0.2, -0.15) is 0 Å². The van der Waals surface area contributed by atoms with Gasteiger partial charge >= 0.3 is 0 Å². The van der Waals surface area contributed by atoms with E-state index in [1.54, 1.807) is 0 Å². The summed E-state index contributed by atoms with van der Waals surface area (Å²) in [5.74, 6) is 1.96. The average molecular weight is 290 g/mol. The summed E-state index contributed by atoms with van der Waals surface area (Å²) in [6.07, 6.45) is 8.00. The molecule has 3 nitrogen and oxygen atoms in total. The molecule has 1 aromatic rings. The van der Waals surface area contributed by atoms with Gasteiger partial charge in [-0.3, -0.25) is 4.98 Å². The normalized spacial score (nSPS) is 26.5. The lowest BCUT2D eigenvalue weighted by atomic mass is 9.74. The van der Waals surface area contributed by atoms with Gasteiger partial charge in [-0.1, -0.05) is 13.8 Å². The summed E-state index contributed by atoms with van der Waals surface area (Å²) in [4.78, 5) is 6.43. The molecule has 0 aliphatic heterocycles. The maximum Gasteiger partial charge on any atom is 0.0580 e. The number of aromatic nitrogens is 1. The predicted octanol–water partition coefficient (Wildman–Crippen LogP) is 2.99. The summed E-state index contributed by atoms with van der Waals surface area (Å²) >= 11 is 0. The maximum atomic E-state index is 10.3. The molecule has 1 aliphatic carbocycles. The van der Waals surface area contributed by atoms with E-state index >= 15 is 0 Å². The second-order valence-electron chi connectivity index (χ2n) is 7.01. The van der Waals surface area contributed by atoms with Crippen LogP contribution >= 0.6 is 0 Å². The molecule has 0 saturated heterocycles. The summed E-state index contributed by atoms with van der Waals surface area (Å²) < 4.78 is 0. The van der Waals surface area contributed by atoms with E-state index in [0.29, 0.717) is 5.92 Å². The van der Waals surface area contributed by atoms with Crippen LogP contribution < -0.4 is 0 Å². The highest BCUT2D eigenvalue weighted by Gasteiger charge is 2.31. The van der Waals surface area contributed by atoms with Crippen LogP contribution in [-0.2, 0) is 6.42 Å². The number of aliphatic hydroxyl groups is 1. The molecule has 1 fully saturated rings. The first-order chi connectivity index (χ1) is 10.1. The monoisotopic (exact) mass is 290 g/mol. The minimum absolute atomic E-state index is 0.108. The van der Waals surface area contributed by atoms with Crippen molar-refractivity contribution >= 4 is 0 Å². The maximum absolute atomic E-state index is 10.3. The van der Waals surface area contributed by atoms with Crippen molar-refractivity contribution in [2.75, 3.05) is 20.1 Å². The van der Waals surface area contributed by atoms with Crippen LogP contribution in [0.4, 0.5) is 0 Å². The third-order valence-corrected chi connectivity index (χ3v) is 5.00. The van der Waals surface area contributed by atoms with Gasteiger partial charge in [-0.25, -0.2) is 0 Å². The van der Waals surface area contributed by atoms with E-state index in [9.17, 15) is 5.11 Å². The smallest absolute Gasteiger partial charge is 0.0580 e. The first-order valence-electron chi connectivity index (χ1n) is 8.31. The van der Waals surface area contributed by atoms with E-state index in [0.717, 1.165) is 37.8 Å². The first kappa shape index (κ1) is 16.4. The molecule has 118 valence electrons. The Morgan fingerprint density at radius 1 is 1.29 bits per heavy atom. The number of hydrogen-bond donors (Lipinski definition) is 1. The first-order valence-corrected chi connectivity index (χ1v) is 8.31. The molecule has 0 spiro atoms. The van der Waals surface area contributed by atoms with Gasteiger partial charge < -0.3 is 10.0 Å². The largest absolute Gasteiger partial charge is 0.393 e. The van der Waals surface area contributed by atoms with Crippen molar-refractivity contribution in [2.45, 2.75) is 45.6 Å². The highest BCUT2D eigenvalue weighted by Crippen LogP contribution is 2.34. The highest BCUT2D eigenvalue weighted by molar-refractivity contribution is 5.09. The number of rotatable bonds is 6. The van der Waals surface area contributed by atoms with E-state index in [-0.39, 0.29) is 6.10 Å². The zero-order valence-electron chi connectivity index (χ0n) is 13.7. The topological polar surface area (TPSA) is 36.4 Å². The Morgan fingerprint density at radius 2 is 2.00 bits per heavy atom. The van der Waals surface area contributed by atoms with Crippen molar-refractivity contribution in [3.8, 4) is 0 Å². The second kappa shape index (κ2) is 7.90. The average Bonchev–Trinajstić information content (AvgIpc) is 2.48. The predicted molar refractivity (Wildman–Crippen MR) is 87.1 cm³/mol. The van der Waals surface area contributed by atoms with E-state index < -0.39 is 0 Å². The van der Waals surface area contributed by atoms with E-state index in [2.05, 4.69) is 42.9 Å². The van der Waals surface area contributed by atoms with Gasteiger partial charge in [0, 0.05) is 25.5 Å². The molecule has 2 rings (SSSR count). The Hall–Kier alpha value is -0.930. The fraction of sp³-hybridized carbons (Fsp3) is 0.722. The Balaban J connectivity index is 1.79. The molecule has 3 unspecified atom stereocenters. The van der Waals surface area contributed by atoms with Crippen molar-refractivity contribution in [3.63, 3.8) is 0 Å². The van der Waals surface area contributed by atoms with Crippen LogP contribution in [0.25, 0.3) is 0 Å². The van der Waals surface area contributed by atoms with Crippen molar-refractivity contribution in [1.29, 1.82) is 0 Å². The second-order valence-corrected chi connectivity index (χ2v) is 7.01. The molecule has 1 aliphatic rings. The molecular weight excluding hydrogens is 260 g/mol. The van der Waals surface area contributed by atoms with E-state index in [1.807, 2.05) is 12.4 Å². The summed E-state index contributed by atoms with van der Waals surface area (Å²) in [5, 5.41) is 10.3. The lowest BCUT2D eigenvalue weighted by molar-refractivity contribution is 0.0226. The van der Waals surface area contributed by atoms with Gasteiger partial charge in [0.25, 0.3) is 0 Å². The standard InChI is InChI=1S/C18H30N2O/c1-14(2)16-4-5-18(21)17(12-16)13-20(3)11-8-15-6-9-19-10-7-15/h6-7,9-10,14,16-18,21H,4-5,8,11-13H2,1-3H3. The van der Waals surface area contributed by atoms with Crippen LogP contribution in [0.1, 0.15) is 38.7 Å². The number of hydrogen-bond acceptors (Lipinski definition) is 3. The van der Waals surface area contributed by atoms with Crippen molar-refractivity contribution in [1.82, 2.24) is 9.88 Å². The number of likely N-dealkylation sites (N-methyl/N-ethyl adjacent to an activating group) is 1. The summed E-state index contributed by atoms with van der Waals surface area (Å²) in [6.45, 7) is 6.67. The molecule has 1 heterocycles. The van der Waals surface area contributed by atoms with Crippen LogP contribution in [0.2, 0.25) is 0 Å². The number of pyridine rings is 1. The number of nitrogens with zero attached hydrogens (tertiary/aromatic N) is 2. The molecule has 21 heavy (non-hydrogen) atoms. The molecule has 3 heteroatoms. The van der Waals surface area contributed by atoms with Crippen LogP contribution in [0.15, 0.2) is 24.5 Å². The van der Waals surface area contributed by atoms with Crippen LogP contribution in [0, 0.1) is 17.8 Å². The zero-order chi connectivity index (χ0) is 15.2. The zero-order valence-corrected chi connectivity index (χ0v) is 13.7. The summed E-state index contributed by atoms with van der Waals surface area (Å²) in [5.41, 5.74) is 1.33. The Bertz CT molecular complexity index is 407. The van der Waals surface area contributed by atoms with Crippen molar-refractivity contribution in [3.05, 3.63) is 30.1 Å². The summed E-state index contributed by atoms with van der Waals surface area (Å²) in [6, 6.07) is 4.16. The van der Waals surface area contributed by atoms with Gasteiger partial charge in [-0.15, -0.1) is 0 Å². The highest BCUT2D eigenvalue weighted by atomic mass is 16.3. The fourth-order valence-electron chi connectivity index (χ4n) is 3.45. The lowest BCUT2D eigenvalue weighted by Crippen LogP contribution is -2.39. The van der Waals surface area contributed by atoms with E-state index in [1.165, 1.54) is 18.4 Å². The van der Waals surface area contributed by atoms with E-state index in [4.69, 9.17) is 0 Å². The molecule has 0 aromatic carbocycles. The molecule has 0 amide bonds. The van der Waals surface area contributed by atoms with Crippen LogP contribution in [0.5, 0.6) is 0 Å². The molecule has 1 aromatic heterocycles. The van der Waals surface area contributed by atoms with Gasteiger partial charge in [0.15, 0.2) is 0 Å². The molecule has 0 bridgehead atoms. The quantitative estimate of drug-likeness (QED) is 0.875. The van der Waals surface area contributed by atoms with Gasteiger partial charge in [0.1, 0.15) is 0 Å². The molecule has 3 atom stereocenters. The molecule has 1 N–H and O–H groups in total. The van der Waals surface area contributed by atoms with Crippen molar-refractivity contribution < 1.29 is 5.11 Å². The summed E-state index contributed by atoms with van der Waals surface area (Å²) in [7, 11) is 2.17. The molecule has 1 saturated carbocycles. The SMILES string of the molecule is CC(C)C1CCC(O)C(CN(C)CCc2ccncc2)C1. The Morgan fingerprint density at radius 3 is 2.67 bits per heavy atom.